The van der Waals surface area contributed by atoms with Gasteiger partial charge >= 0.3 is 5.97 Å². The second-order valence-electron chi connectivity index (χ2n) is 12.2. The van der Waals surface area contributed by atoms with Crippen LogP contribution < -0.4 is 0 Å². The third kappa shape index (κ3) is 2.25. The van der Waals surface area contributed by atoms with Gasteiger partial charge in [0.15, 0.2) is 5.78 Å². The zero-order chi connectivity index (χ0) is 24.3. The van der Waals surface area contributed by atoms with E-state index in [1.54, 1.807) is 6.08 Å². The van der Waals surface area contributed by atoms with E-state index in [1.807, 2.05) is 19.9 Å². The Bertz CT molecular complexity index is 1090. The first kappa shape index (κ1) is 22.7. The fourth-order valence-corrected chi connectivity index (χ4v) is 9.27. The van der Waals surface area contributed by atoms with Gasteiger partial charge in [-0.25, -0.2) is 4.79 Å². The molecule has 2 bridgehead atoms. The molecule has 0 unspecified atom stereocenters. The minimum absolute atomic E-state index is 0.121. The highest BCUT2D eigenvalue weighted by atomic mass is 16.6. The van der Waals surface area contributed by atoms with Crippen LogP contribution in [0.25, 0.3) is 0 Å². The molecule has 0 aromatic carbocycles. The first-order chi connectivity index (χ1) is 16.0. The van der Waals surface area contributed by atoms with Gasteiger partial charge in [-0.15, -0.1) is 0 Å². The van der Waals surface area contributed by atoms with Gasteiger partial charge in [0.1, 0.15) is 17.3 Å². The molecule has 6 aliphatic rings. The smallest absolute Gasteiger partial charge is 0.336 e. The van der Waals surface area contributed by atoms with Crippen molar-refractivity contribution < 1.29 is 29.3 Å². The van der Waals surface area contributed by atoms with Crippen molar-refractivity contribution in [3.63, 3.8) is 0 Å². The number of allylic oxidation sites excluding steroid dienone is 4. The van der Waals surface area contributed by atoms with Crippen molar-refractivity contribution in [2.24, 2.45) is 22.7 Å². The topological polar surface area (TPSA) is 93.1 Å². The van der Waals surface area contributed by atoms with Gasteiger partial charge in [0.05, 0.1) is 23.2 Å². The molecule has 34 heavy (non-hydrogen) atoms. The van der Waals surface area contributed by atoms with Crippen molar-refractivity contribution in [2.45, 2.75) is 95.5 Å². The number of esters is 1. The number of cyclic esters (lactones) is 1. The first-order valence-electron chi connectivity index (χ1n) is 12.8. The summed E-state index contributed by atoms with van der Waals surface area (Å²) in [6.45, 7) is 7.70. The van der Waals surface area contributed by atoms with Crippen molar-refractivity contribution >= 4 is 11.8 Å². The van der Waals surface area contributed by atoms with Crippen LogP contribution in [0.4, 0.5) is 0 Å². The van der Waals surface area contributed by atoms with Crippen LogP contribution in [-0.4, -0.2) is 51.5 Å². The van der Waals surface area contributed by atoms with Crippen LogP contribution >= 0.6 is 0 Å². The molecule has 2 aliphatic heterocycles. The molecule has 2 N–H and O–H groups in total. The Morgan fingerprint density at radius 3 is 2.59 bits per heavy atom. The monoisotopic (exact) mass is 468 g/mol. The Balaban J connectivity index is 1.44. The average Bonchev–Trinajstić information content (AvgIpc) is 3.11. The number of fused-ring (bicyclic) bond motifs is 3. The van der Waals surface area contributed by atoms with Crippen LogP contribution in [0.15, 0.2) is 34.9 Å². The van der Waals surface area contributed by atoms with Gasteiger partial charge in [-0.1, -0.05) is 30.2 Å². The van der Waals surface area contributed by atoms with E-state index in [9.17, 15) is 19.8 Å². The lowest BCUT2D eigenvalue weighted by Crippen LogP contribution is -2.63. The molecule has 0 radical (unpaired) electrons. The molecule has 2 heterocycles. The van der Waals surface area contributed by atoms with Gasteiger partial charge in [0.25, 0.3) is 0 Å². The molecule has 6 heteroatoms. The maximum Gasteiger partial charge on any atom is 0.336 e. The Morgan fingerprint density at radius 2 is 1.88 bits per heavy atom. The lowest BCUT2D eigenvalue weighted by molar-refractivity contribution is -0.248. The number of carbonyl (C=O) groups is 2. The minimum atomic E-state index is -1.14. The van der Waals surface area contributed by atoms with Crippen molar-refractivity contribution in [1.82, 2.24) is 0 Å². The molecule has 8 atom stereocenters. The van der Waals surface area contributed by atoms with Gasteiger partial charge in [-0.3, -0.25) is 4.79 Å². The van der Waals surface area contributed by atoms with Gasteiger partial charge < -0.3 is 19.7 Å². The number of ketones is 1. The van der Waals surface area contributed by atoms with E-state index < -0.39 is 39.7 Å². The highest BCUT2D eigenvalue weighted by molar-refractivity contribution is 5.98. The molecule has 6 nitrogen and oxygen atoms in total. The lowest BCUT2D eigenvalue weighted by Gasteiger charge is -2.59. The number of hydrogen-bond donors (Lipinski definition) is 2. The van der Waals surface area contributed by atoms with E-state index in [0.29, 0.717) is 18.4 Å². The molecule has 3 fully saturated rings. The largest absolute Gasteiger partial charge is 0.455 e. The first-order valence-corrected chi connectivity index (χ1v) is 12.8. The summed E-state index contributed by atoms with van der Waals surface area (Å²) in [6.07, 6.45) is 10.5. The summed E-state index contributed by atoms with van der Waals surface area (Å²) in [5, 5.41) is 22.0. The van der Waals surface area contributed by atoms with Crippen LogP contribution in [0.5, 0.6) is 0 Å². The fourth-order valence-electron chi connectivity index (χ4n) is 9.27. The summed E-state index contributed by atoms with van der Waals surface area (Å²) in [5.41, 5.74) is -1.46. The average molecular weight is 469 g/mol. The Morgan fingerprint density at radius 1 is 1.12 bits per heavy atom. The van der Waals surface area contributed by atoms with Gasteiger partial charge in [0, 0.05) is 11.8 Å². The fraction of sp³-hybridized carbons (Fsp3) is 0.714. The van der Waals surface area contributed by atoms with Crippen LogP contribution in [0.2, 0.25) is 0 Å². The highest BCUT2D eigenvalue weighted by Crippen LogP contribution is 2.77. The predicted molar refractivity (Wildman–Crippen MR) is 125 cm³/mol. The third-order valence-corrected chi connectivity index (χ3v) is 11.4. The molecule has 0 aromatic heterocycles. The maximum absolute atomic E-state index is 13.2. The second-order valence-corrected chi connectivity index (χ2v) is 12.2. The van der Waals surface area contributed by atoms with Gasteiger partial charge in [0.2, 0.25) is 0 Å². The van der Waals surface area contributed by atoms with Crippen LogP contribution in [-0.2, 0) is 19.1 Å². The summed E-state index contributed by atoms with van der Waals surface area (Å²) >= 11 is 0. The molecule has 0 aromatic rings. The molecular weight excluding hydrogens is 432 g/mol. The summed E-state index contributed by atoms with van der Waals surface area (Å²) < 4.78 is 13.0. The number of ether oxygens (including phenoxy) is 2. The normalized spacial score (nSPS) is 51.6. The summed E-state index contributed by atoms with van der Waals surface area (Å²) in [5.74, 6) is -0.0463. The molecule has 0 amide bonds. The minimum Gasteiger partial charge on any atom is -0.455 e. The predicted octanol–water partition coefficient (Wildman–Crippen LogP) is 3.56. The molecule has 1 saturated heterocycles. The van der Waals surface area contributed by atoms with E-state index in [4.69, 9.17) is 9.47 Å². The second kappa shape index (κ2) is 6.71. The van der Waals surface area contributed by atoms with Crippen molar-refractivity contribution in [1.29, 1.82) is 0 Å². The number of carbonyl (C=O) groups excluding carboxylic acids is 2. The lowest BCUT2D eigenvalue weighted by atomic mass is 9.46. The molecular formula is C28H36O6. The van der Waals surface area contributed by atoms with Crippen LogP contribution in [0, 0.1) is 22.7 Å². The summed E-state index contributed by atoms with van der Waals surface area (Å²) in [7, 11) is 0. The number of aliphatic hydroxyl groups excluding tert-OH is 1. The van der Waals surface area contributed by atoms with Gasteiger partial charge in [-0.05, 0) is 77.2 Å². The van der Waals surface area contributed by atoms with E-state index >= 15 is 0 Å². The Hall–Kier alpha value is -1.76. The van der Waals surface area contributed by atoms with E-state index in [-0.39, 0.29) is 24.2 Å². The SMILES string of the molecule is CC1=C(CO)C(=O)O[C@@H]([C@]2(C)O[C@@]34CC[C@]2(O)[C@@]3(C)CC[C@H]2[C@H]4CC=C3CC=CC(=O)[C@@]32C)C1. The summed E-state index contributed by atoms with van der Waals surface area (Å²) in [4.78, 5) is 25.9. The van der Waals surface area contributed by atoms with E-state index in [0.717, 1.165) is 37.7 Å². The van der Waals surface area contributed by atoms with E-state index in [1.165, 1.54) is 5.57 Å². The molecule has 2 saturated carbocycles. The Kier molecular flexibility index (Phi) is 4.48. The molecule has 0 spiro atoms. The zero-order valence-electron chi connectivity index (χ0n) is 20.6. The highest BCUT2D eigenvalue weighted by Gasteiger charge is 2.84. The Labute approximate surface area is 201 Å². The van der Waals surface area contributed by atoms with Crippen molar-refractivity contribution in [3.05, 3.63) is 34.9 Å². The number of aliphatic hydroxyl groups is 2. The third-order valence-electron chi connectivity index (χ3n) is 11.4. The number of hydrogen-bond acceptors (Lipinski definition) is 6. The van der Waals surface area contributed by atoms with Crippen LogP contribution in [0.3, 0.4) is 0 Å². The zero-order valence-corrected chi connectivity index (χ0v) is 20.6. The van der Waals surface area contributed by atoms with E-state index in [2.05, 4.69) is 19.9 Å². The van der Waals surface area contributed by atoms with Crippen molar-refractivity contribution in [2.75, 3.05) is 6.61 Å². The standard InChI is InChI=1S/C28H36O6/c1-16-14-22(33-23(31)18(16)15-29)26(4)28(32)13-12-27(34-26)20-9-8-17-6-5-7-21(30)25(17,3)19(20)10-11-24(27,28)2/h5,7-8,19-20,22,29,32H,6,9-15H2,1-4H3/t19-,20+,22+,24-,25-,26-,27+,28-/m0/s1. The van der Waals surface area contributed by atoms with Crippen molar-refractivity contribution in [3.8, 4) is 0 Å². The summed E-state index contributed by atoms with van der Waals surface area (Å²) in [6, 6.07) is 0. The van der Waals surface area contributed by atoms with Gasteiger partial charge in [-0.2, -0.15) is 0 Å². The molecule has 184 valence electrons. The van der Waals surface area contributed by atoms with Crippen LogP contribution in [0.1, 0.15) is 72.6 Å². The molecule has 4 aliphatic carbocycles. The quantitative estimate of drug-likeness (QED) is 0.476. The molecule has 6 rings (SSSR count). The number of rotatable bonds is 2. The maximum atomic E-state index is 13.2.